The lowest BCUT2D eigenvalue weighted by Crippen LogP contribution is -3.12. The summed E-state index contributed by atoms with van der Waals surface area (Å²) in [4.78, 5) is 13.1. The molecule has 1 aliphatic rings. The quantitative estimate of drug-likeness (QED) is 0.790. The minimum Gasteiger partial charge on any atom is -0.454 e. The first-order valence-corrected chi connectivity index (χ1v) is 6.26. The number of benzene rings is 1. The van der Waals surface area contributed by atoms with Gasteiger partial charge in [-0.2, -0.15) is 0 Å². The van der Waals surface area contributed by atoms with Gasteiger partial charge in [-0.3, -0.25) is 4.79 Å². The normalized spacial score (nSPS) is 12.8. The molecule has 1 aromatic carbocycles. The van der Waals surface area contributed by atoms with E-state index in [0.29, 0.717) is 12.3 Å². The second kappa shape index (κ2) is 5.73. The van der Waals surface area contributed by atoms with Crippen LogP contribution in [0.25, 0.3) is 0 Å². The van der Waals surface area contributed by atoms with Crippen molar-refractivity contribution in [2.24, 2.45) is 0 Å². The largest absolute Gasteiger partial charge is 0.454 e. The lowest BCUT2D eigenvalue weighted by Gasteiger charge is -2.14. The van der Waals surface area contributed by atoms with Gasteiger partial charge >= 0.3 is 0 Å². The minimum absolute atomic E-state index is 0.0209. The number of hydrogen-bond acceptors (Lipinski definition) is 3. The maximum absolute atomic E-state index is 11.8. The molecule has 0 radical (unpaired) electrons. The molecule has 0 atom stereocenters. The Morgan fingerprint density at radius 3 is 2.72 bits per heavy atom. The van der Waals surface area contributed by atoms with Gasteiger partial charge in [0.2, 0.25) is 6.79 Å². The van der Waals surface area contributed by atoms with Crippen molar-refractivity contribution in [3.8, 4) is 11.5 Å². The number of amides is 1. The highest BCUT2D eigenvalue weighted by Gasteiger charge is 2.15. The zero-order chi connectivity index (χ0) is 13.0. The molecule has 5 heteroatoms. The third-order valence-electron chi connectivity index (χ3n) is 3.07. The van der Waals surface area contributed by atoms with Crippen LogP contribution in [-0.2, 0) is 4.79 Å². The average molecular weight is 251 g/mol. The maximum Gasteiger partial charge on any atom is 0.279 e. The van der Waals surface area contributed by atoms with Crippen LogP contribution in [0.3, 0.4) is 0 Å². The summed E-state index contributed by atoms with van der Waals surface area (Å²) in [7, 11) is 0. The summed E-state index contributed by atoms with van der Waals surface area (Å²) in [6, 6.07) is 5.42. The van der Waals surface area contributed by atoms with Crippen molar-refractivity contribution in [2.45, 2.75) is 13.8 Å². The zero-order valence-electron chi connectivity index (χ0n) is 10.8. The van der Waals surface area contributed by atoms with Crippen molar-refractivity contribution in [2.75, 3.05) is 31.7 Å². The molecule has 98 valence electrons. The molecule has 1 heterocycles. The summed E-state index contributed by atoms with van der Waals surface area (Å²) < 4.78 is 10.5. The number of likely N-dealkylation sites (N-methyl/N-ethyl adjacent to an activating group) is 1. The van der Waals surface area contributed by atoms with Gasteiger partial charge < -0.3 is 19.7 Å². The van der Waals surface area contributed by atoms with Crippen molar-refractivity contribution < 1.29 is 19.2 Å². The first-order chi connectivity index (χ1) is 8.72. The smallest absolute Gasteiger partial charge is 0.279 e. The van der Waals surface area contributed by atoms with Crippen LogP contribution >= 0.6 is 0 Å². The van der Waals surface area contributed by atoms with Gasteiger partial charge in [0, 0.05) is 11.8 Å². The summed E-state index contributed by atoms with van der Waals surface area (Å²) in [6.45, 7) is 6.78. The van der Waals surface area contributed by atoms with Gasteiger partial charge in [0.25, 0.3) is 5.91 Å². The summed E-state index contributed by atoms with van der Waals surface area (Å²) in [5, 5.41) is 2.88. The van der Waals surface area contributed by atoms with E-state index >= 15 is 0 Å². The Labute approximate surface area is 107 Å². The Balaban J connectivity index is 1.95. The second-order valence-electron chi connectivity index (χ2n) is 4.25. The molecule has 2 N–H and O–H groups in total. The van der Waals surface area contributed by atoms with Crippen molar-refractivity contribution in [3.63, 3.8) is 0 Å². The molecule has 0 bridgehead atoms. The molecule has 1 amide bonds. The third-order valence-corrected chi connectivity index (χ3v) is 3.07. The Bertz CT molecular complexity index is 430. The van der Waals surface area contributed by atoms with Crippen molar-refractivity contribution >= 4 is 11.6 Å². The molecule has 5 nitrogen and oxygen atoms in total. The lowest BCUT2D eigenvalue weighted by atomic mass is 10.2. The van der Waals surface area contributed by atoms with Crippen LogP contribution in [0.4, 0.5) is 5.69 Å². The molecule has 0 saturated carbocycles. The maximum atomic E-state index is 11.8. The standard InChI is InChI=1S/C13H18N2O3/c1-3-15(4-2)8-13(16)14-10-5-6-11-12(7-10)18-9-17-11/h5-7H,3-4,8-9H2,1-2H3,(H,14,16)/p+1. The predicted octanol–water partition coefficient (Wildman–Crippen LogP) is 0.278. The SMILES string of the molecule is CC[NH+](CC)CC(=O)Nc1ccc2c(c1)OCO2. The number of ether oxygens (including phenoxy) is 2. The summed E-state index contributed by atoms with van der Waals surface area (Å²) in [5.41, 5.74) is 0.746. The summed E-state index contributed by atoms with van der Waals surface area (Å²) >= 11 is 0. The fourth-order valence-corrected chi connectivity index (χ4v) is 1.91. The monoisotopic (exact) mass is 251 g/mol. The number of carbonyl (C=O) groups excluding carboxylic acids is 1. The van der Waals surface area contributed by atoms with Gasteiger partial charge in [-0.1, -0.05) is 0 Å². The van der Waals surface area contributed by atoms with E-state index in [1.165, 1.54) is 4.90 Å². The van der Waals surface area contributed by atoms with Crippen LogP contribution in [0.15, 0.2) is 18.2 Å². The Hall–Kier alpha value is -1.75. The van der Waals surface area contributed by atoms with Crippen molar-refractivity contribution in [3.05, 3.63) is 18.2 Å². The number of nitrogens with one attached hydrogen (secondary N) is 2. The number of quaternary nitrogens is 1. The van der Waals surface area contributed by atoms with Crippen LogP contribution < -0.4 is 19.7 Å². The molecule has 0 aliphatic carbocycles. The fourth-order valence-electron chi connectivity index (χ4n) is 1.91. The Morgan fingerprint density at radius 1 is 1.28 bits per heavy atom. The molecule has 0 unspecified atom stereocenters. The van der Waals surface area contributed by atoms with E-state index in [2.05, 4.69) is 19.2 Å². The molecule has 2 rings (SSSR count). The van der Waals surface area contributed by atoms with Gasteiger partial charge in [0.05, 0.1) is 13.1 Å². The minimum atomic E-state index is 0.0209. The van der Waals surface area contributed by atoms with E-state index in [4.69, 9.17) is 9.47 Å². The molecule has 0 fully saturated rings. The van der Waals surface area contributed by atoms with E-state index in [1.54, 1.807) is 6.07 Å². The van der Waals surface area contributed by atoms with Crippen molar-refractivity contribution in [1.29, 1.82) is 0 Å². The summed E-state index contributed by atoms with van der Waals surface area (Å²) in [6.07, 6.45) is 0. The van der Waals surface area contributed by atoms with E-state index in [-0.39, 0.29) is 12.7 Å². The second-order valence-corrected chi connectivity index (χ2v) is 4.25. The van der Waals surface area contributed by atoms with Crippen LogP contribution in [0.5, 0.6) is 11.5 Å². The number of hydrogen-bond donors (Lipinski definition) is 2. The van der Waals surface area contributed by atoms with Gasteiger partial charge in [-0.15, -0.1) is 0 Å². The molecule has 0 aromatic heterocycles. The van der Waals surface area contributed by atoms with Crippen LogP contribution in [0, 0.1) is 0 Å². The van der Waals surface area contributed by atoms with E-state index < -0.39 is 0 Å². The number of rotatable bonds is 5. The third kappa shape index (κ3) is 2.92. The highest BCUT2D eigenvalue weighted by atomic mass is 16.7. The Kier molecular flexibility index (Phi) is 4.04. The fraction of sp³-hybridized carbons (Fsp3) is 0.462. The lowest BCUT2D eigenvalue weighted by molar-refractivity contribution is -0.888. The molecular formula is C13H19N2O3+. The highest BCUT2D eigenvalue weighted by Crippen LogP contribution is 2.34. The van der Waals surface area contributed by atoms with E-state index in [0.717, 1.165) is 24.5 Å². The molecule has 1 aliphatic heterocycles. The summed E-state index contributed by atoms with van der Waals surface area (Å²) in [5.74, 6) is 1.43. The predicted molar refractivity (Wildman–Crippen MR) is 68.1 cm³/mol. The molecule has 1 aromatic rings. The molecule has 18 heavy (non-hydrogen) atoms. The van der Waals surface area contributed by atoms with Gasteiger partial charge in [-0.25, -0.2) is 0 Å². The molecular weight excluding hydrogens is 232 g/mol. The van der Waals surface area contributed by atoms with Gasteiger partial charge in [0.1, 0.15) is 0 Å². The number of anilines is 1. The zero-order valence-corrected chi connectivity index (χ0v) is 10.8. The number of carbonyl (C=O) groups is 1. The van der Waals surface area contributed by atoms with E-state index in [1.807, 2.05) is 12.1 Å². The average Bonchev–Trinajstić information content (AvgIpc) is 2.83. The number of fused-ring (bicyclic) bond motifs is 1. The first kappa shape index (κ1) is 12.7. The Morgan fingerprint density at radius 2 is 2.00 bits per heavy atom. The van der Waals surface area contributed by atoms with Crippen LogP contribution in [-0.4, -0.2) is 32.3 Å². The van der Waals surface area contributed by atoms with E-state index in [9.17, 15) is 4.79 Å². The van der Waals surface area contributed by atoms with Crippen LogP contribution in [0.2, 0.25) is 0 Å². The first-order valence-electron chi connectivity index (χ1n) is 6.26. The topological polar surface area (TPSA) is 52.0 Å². The molecule has 0 spiro atoms. The van der Waals surface area contributed by atoms with Crippen LogP contribution in [0.1, 0.15) is 13.8 Å². The van der Waals surface area contributed by atoms with Gasteiger partial charge in [-0.05, 0) is 26.0 Å². The molecule has 0 saturated heterocycles. The highest BCUT2D eigenvalue weighted by molar-refractivity contribution is 5.91. The van der Waals surface area contributed by atoms with Gasteiger partial charge in [0.15, 0.2) is 18.0 Å². The van der Waals surface area contributed by atoms with Crippen molar-refractivity contribution in [1.82, 2.24) is 0 Å².